The molecule has 0 fully saturated rings. The standard InChI is InChI=1S/C22H17N5O2S/c1-14-7-9-15(10-8-14)19-13-30-22(26(19)16-5-3-2-4-6-16)25-27-20(28)11-18(24)17(12-23)21(27)29/h2-11,13,29H,24H2,1H3/b25-22+. The molecule has 0 saturated heterocycles. The first kappa shape index (κ1) is 19.2. The van der Waals surface area contributed by atoms with Crippen molar-refractivity contribution < 1.29 is 5.11 Å². The minimum absolute atomic E-state index is 0.0890. The lowest BCUT2D eigenvalue weighted by Crippen LogP contribution is -2.23. The third-order valence-electron chi connectivity index (χ3n) is 4.57. The predicted octanol–water partition coefficient (Wildman–Crippen LogP) is 3.20. The van der Waals surface area contributed by atoms with Crippen molar-refractivity contribution >= 4 is 17.0 Å². The Kier molecular flexibility index (Phi) is 4.96. The first-order valence-corrected chi connectivity index (χ1v) is 9.90. The first-order valence-electron chi connectivity index (χ1n) is 9.02. The van der Waals surface area contributed by atoms with Crippen molar-refractivity contribution in [3.8, 4) is 28.9 Å². The van der Waals surface area contributed by atoms with Crippen molar-refractivity contribution in [1.29, 1.82) is 5.26 Å². The van der Waals surface area contributed by atoms with Gasteiger partial charge in [0.1, 0.15) is 11.6 Å². The Morgan fingerprint density at radius 1 is 1.13 bits per heavy atom. The summed E-state index contributed by atoms with van der Waals surface area (Å²) in [6.45, 7) is 2.02. The molecule has 4 aromatic rings. The smallest absolute Gasteiger partial charge is 0.276 e. The summed E-state index contributed by atoms with van der Waals surface area (Å²) in [5.74, 6) is -0.590. The quantitative estimate of drug-likeness (QED) is 0.535. The zero-order chi connectivity index (χ0) is 21.3. The lowest BCUT2D eigenvalue weighted by Gasteiger charge is -2.10. The third-order valence-corrected chi connectivity index (χ3v) is 5.38. The van der Waals surface area contributed by atoms with Crippen LogP contribution in [0.25, 0.3) is 16.9 Å². The summed E-state index contributed by atoms with van der Waals surface area (Å²) >= 11 is 1.31. The van der Waals surface area contributed by atoms with E-state index < -0.39 is 11.4 Å². The maximum atomic E-state index is 12.4. The molecule has 0 radical (unpaired) electrons. The molecule has 8 heteroatoms. The van der Waals surface area contributed by atoms with E-state index in [1.807, 2.05) is 71.5 Å². The van der Waals surface area contributed by atoms with Crippen LogP contribution in [0.1, 0.15) is 11.1 Å². The van der Waals surface area contributed by atoms with Crippen LogP contribution in [0.5, 0.6) is 5.88 Å². The molecule has 0 bridgehead atoms. The van der Waals surface area contributed by atoms with Crippen molar-refractivity contribution in [1.82, 2.24) is 9.24 Å². The van der Waals surface area contributed by atoms with Gasteiger partial charge >= 0.3 is 0 Å². The van der Waals surface area contributed by atoms with Gasteiger partial charge in [0.05, 0.1) is 11.4 Å². The van der Waals surface area contributed by atoms with E-state index in [0.29, 0.717) is 4.80 Å². The highest BCUT2D eigenvalue weighted by Crippen LogP contribution is 2.24. The third kappa shape index (κ3) is 3.38. The van der Waals surface area contributed by atoms with E-state index in [9.17, 15) is 15.2 Å². The minimum Gasteiger partial charge on any atom is -0.492 e. The largest absolute Gasteiger partial charge is 0.492 e. The number of aromatic nitrogens is 2. The van der Waals surface area contributed by atoms with E-state index >= 15 is 0 Å². The number of nitrogens with zero attached hydrogens (tertiary/aromatic N) is 4. The van der Waals surface area contributed by atoms with Crippen LogP contribution >= 0.6 is 11.3 Å². The van der Waals surface area contributed by atoms with E-state index in [4.69, 9.17) is 5.73 Å². The summed E-state index contributed by atoms with van der Waals surface area (Å²) in [7, 11) is 0. The number of thiazole rings is 1. The summed E-state index contributed by atoms with van der Waals surface area (Å²) in [5.41, 5.74) is 8.61. The molecular weight excluding hydrogens is 398 g/mol. The topological polar surface area (TPSA) is 109 Å². The lowest BCUT2D eigenvalue weighted by molar-refractivity contribution is 0.416. The van der Waals surface area contributed by atoms with E-state index in [0.717, 1.165) is 33.3 Å². The van der Waals surface area contributed by atoms with Crippen molar-refractivity contribution in [3.63, 3.8) is 0 Å². The summed E-state index contributed by atoms with van der Waals surface area (Å²) in [6.07, 6.45) is 0. The Balaban J connectivity index is 2.02. The van der Waals surface area contributed by atoms with Gasteiger partial charge in [-0.25, -0.2) is 0 Å². The molecule has 0 aliphatic carbocycles. The van der Waals surface area contributed by atoms with E-state index in [1.54, 1.807) is 6.07 Å². The molecule has 2 aromatic heterocycles. The van der Waals surface area contributed by atoms with Gasteiger partial charge in [0, 0.05) is 17.1 Å². The molecule has 0 atom stereocenters. The maximum absolute atomic E-state index is 12.4. The molecule has 0 spiro atoms. The molecule has 2 aromatic carbocycles. The minimum atomic E-state index is -0.631. The predicted molar refractivity (Wildman–Crippen MR) is 116 cm³/mol. The van der Waals surface area contributed by atoms with Crippen LogP contribution in [0.4, 0.5) is 5.69 Å². The maximum Gasteiger partial charge on any atom is 0.276 e. The summed E-state index contributed by atoms with van der Waals surface area (Å²) in [5, 5.41) is 25.9. The molecule has 7 nitrogen and oxygen atoms in total. The number of aryl methyl sites for hydroxylation is 1. The van der Waals surface area contributed by atoms with Crippen LogP contribution in [-0.2, 0) is 0 Å². The van der Waals surface area contributed by atoms with Gasteiger partial charge in [-0.15, -0.1) is 16.4 Å². The van der Waals surface area contributed by atoms with Gasteiger partial charge in [-0.3, -0.25) is 9.36 Å². The summed E-state index contributed by atoms with van der Waals surface area (Å²) in [4.78, 5) is 12.9. The SMILES string of the molecule is Cc1ccc(-c2cs/c(=N/n3c(O)c(C#N)c(N)cc3=O)n2-c2ccccc2)cc1. The monoisotopic (exact) mass is 415 g/mol. The normalized spacial score (nSPS) is 11.4. The van der Waals surface area contributed by atoms with E-state index in [-0.39, 0.29) is 11.3 Å². The lowest BCUT2D eigenvalue weighted by atomic mass is 10.1. The Morgan fingerprint density at radius 3 is 2.50 bits per heavy atom. The summed E-state index contributed by atoms with van der Waals surface area (Å²) in [6, 6.07) is 20.5. The van der Waals surface area contributed by atoms with Crippen LogP contribution < -0.4 is 16.1 Å². The highest BCUT2D eigenvalue weighted by molar-refractivity contribution is 7.07. The van der Waals surface area contributed by atoms with E-state index in [1.165, 1.54) is 11.3 Å². The number of aromatic hydroxyl groups is 1. The van der Waals surface area contributed by atoms with Crippen molar-refractivity contribution in [2.45, 2.75) is 6.92 Å². The van der Waals surface area contributed by atoms with Gasteiger partial charge in [0.25, 0.3) is 5.56 Å². The van der Waals surface area contributed by atoms with Crippen LogP contribution in [0.15, 0.2) is 75.9 Å². The second kappa shape index (κ2) is 7.73. The van der Waals surface area contributed by atoms with Crippen molar-refractivity contribution in [2.75, 3.05) is 5.73 Å². The Bertz CT molecular complexity index is 1390. The Labute approximate surface area is 175 Å². The highest BCUT2D eigenvalue weighted by Gasteiger charge is 2.15. The van der Waals surface area contributed by atoms with E-state index in [2.05, 4.69) is 5.10 Å². The fourth-order valence-electron chi connectivity index (χ4n) is 3.04. The Morgan fingerprint density at radius 2 is 1.83 bits per heavy atom. The number of hydrogen-bond donors (Lipinski definition) is 2. The van der Waals surface area contributed by atoms with Gasteiger partial charge in [-0.05, 0) is 24.6 Å². The molecule has 2 heterocycles. The molecule has 3 N–H and O–H groups in total. The number of hydrogen-bond acceptors (Lipinski definition) is 6. The van der Waals surface area contributed by atoms with Gasteiger partial charge < -0.3 is 10.8 Å². The van der Waals surface area contributed by atoms with Crippen molar-refractivity contribution in [2.24, 2.45) is 5.10 Å². The second-order valence-corrected chi connectivity index (χ2v) is 7.44. The number of nitriles is 1. The zero-order valence-electron chi connectivity index (χ0n) is 16.0. The number of nitrogen functional groups attached to an aromatic ring is 1. The Hall–Kier alpha value is -4.09. The number of nitrogens with two attached hydrogens (primary N) is 1. The number of benzene rings is 2. The molecule has 148 valence electrons. The zero-order valence-corrected chi connectivity index (χ0v) is 16.8. The average molecular weight is 415 g/mol. The summed E-state index contributed by atoms with van der Waals surface area (Å²) < 4.78 is 2.68. The number of rotatable bonds is 3. The highest BCUT2D eigenvalue weighted by atomic mass is 32.1. The number of pyridine rings is 1. The fraction of sp³-hybridized carbons (Fsp3) is 0.0455. The molecule has 0 saturated carbocycles. The molecule has 4 rings (SSSR count). The molecule has 30 heavy (non-hydrogen) atoms. The fourth-order valence-corrected chi connectivity index (χ4v) is 3.93. The number of anilines is 1. The molecular formula is C22H17N5O2S. The molecule has 0 amide bonds. The first-order chi connectivity index (χ1) is 14.5. The number of para-hydroxylation sites is 1. The van der Waals surface area contributed by atoms with Crippen molar-refractivity contribution in [3.05, 3.63) is 92.3 Å². The molecule has 0 unspecified atom stereocenters. The van der Waals surface area contributed by atoms with Crippen LogP contribution in [0, 0.1) is 18.3 Å². The van der Waals surface area contributed by atoms with Crippen LogP contribution in [0.3, 0.4) is 0 Å². The van der Waals surface area contributed by atoms with Crippen LogP contribution in [-0.4, -0.2) is 14.3 Å². The van der Waals surface area contributed by atoms with Crippen LogP contribution in [0.2, 0.25) is 0 Å². The second-order valence-electron chi connectivity index (χ2n) is 6.60. The van der Waals surface area contributed by atoms with Gasteiger partial charge in [-0.1, -0.05) is 48.0 Å². The van der Waals surface area contributed by atoms with Gasteiger partial charge in [0.15, 0.2) is 0 Å². The molecule has 0 aliphatic rings. The van der Waals surface area contributed by atoms with Gasteiger partial charge in [0.2, 0.25) is 10.7 Å². The molecule has 0 aliphatic heterocycles. The average Bonchev–Trinajstić information content (AvgIpc) is 3.16. The van der Waals surface area contributed by atoms with Gasteiger partial charge in [-0.2, -0.15) is 9.94 Å².